The van der Waals surface area contributed by atoms with Gasteiger partial charge in [0, 0.05) is 0 Å². The van der Waals surface area contributed by atoms with E-state index in [0.717, 1.165) is 6.33 Å². The SMILES string of the molecule is CON=C(C1=NOCCO1)c1ccccc1Oc1ncnc(Cl)c1F.Oc1ccccc1Cl. The van der Waals surface area contributed by atoms with Crippen LogP contribution < -0.4 is 4.74 Å². The van der Waals surface area contributed by atoms with E-state index in [1.165, 1.54) is 7.11 Å². The van der Waals surface area contributed by atoms with Crippen molar-refractivity contribution in [1.29, 1.82) is 0 Å². The Labute approximate surface area is 198 Å². The molecule has 0 saturated carbocycles. The number of oxime groups is 2. The summed E-state index contributed by atoms with van der Waals surface area (Å²) in [5, 5.41) is 16.6. The van der Waals surface area contributed by atoms with Crippen LogP contribution in [0.4, 0.5) is 4.39 Å². The van der Waals surface area contributed by atoms with E-state index >= 15 is 0 Å². The minimum atomic E-state index is -0.876. The number of nitrogens with zero attached hydrogens (tertiary/aromatic N) is 4. The fourth-order valence-corrected chi connectivity index (χ4v) is 2.68. The van der Waals surface area contributed by atoms with Crippen molar-refractivity contribution in [2.45, 2.75) is 0 Å². The topological polar surface area (TPSA) is 108 Å². The van der Waals surface area contributed by atoms with E-state index in [-0.39, 0.29) is 34.1 Å². The third kappa shape index (κ3) is 6.43. The summed E-state index contributed by atoms with van der Waals surface area (Å²) < 4.78 is 25.0. The third-order valence-electron chi connectivity index (χ3n) is 3.86. The number of phenolic OH excluding ortho intramolecular Hbond substituents is 1. The molecular formula is C21H17Cl2FN4O5. The van der Waals surface area contributed by atoms with E-state index in [1.807, 2.05) is 0 Å². The summed E-state index contributed by atoms with van der Waals surface area (Å²) in [6, 6.07) is 13.4. The first-order valence-electron chi connectivity index (χ1n) is 9.32. The molecule has 1 aliphatic rings. The Hall–Kier alpha value is -3.63. The molecule has 0 bridgehead atoms. The molecule has 0 fully saturated rings. The Morgan fingerprint density at radius 3 is 2.52 bits per heavy atom. The molecule has 172 valence electrons. The molecule has 0 amide bonds. The summed E-state index contributed by atoms with van der Waals surface area (Å²) in [4.78, 5) is 17.2. The first kappa shape index (κ1) is 24.0. The predicted molar refractivity (Wildman–Crippen MR) is 120 cm³/mol. The molecule has 0 aliphatic carbocycles. The van der Waals surface area contributed by atoms with Crippen LogP contribution in [-0.4, -0.2) is 47.0 Å². The van der Waals surface area contributed by atoms with E-state index in [9.17, 15) is 4.39 Å². The molecule has 1 aliphatic heterocycles. The van der Waals surface area contributed by atoms with Crippen LogP contribution in [0.3, 0.4) is 0 Å². The van der Waals surface area contributed by atoms with Crippen molar-refractivity contribution in [2.24, 2.45) is 10.3 Å². The van der Waals surface area contributed by atoms with Crippen LogP contribution >= 0.6 is 23.2 Å². The van der Waals surface area contributed by atoms with Gasteiger partial charge in [0.05, 0.1) is 10.6 Å². The number of benzene rings is 2. The van der Waals surface area contributed by atoms with Gasteiger partial charge in [0.25, 0.3) is 11.8 Å². The van der Waals surface area contributed by atoms with Gasteiger partial charge < -0.3 is 24.3 Å². The molecule has 12 heteroatoms. The van der Waals surface area contributed by atoms with Gasteiger partial charge in [-0.1, -0.05) is 52.6 Å². The highest BCUT2D eigenvalue weighted by Gasteiger charge is 2.23. The Kier molecular flexibility index (Phi) is 8.62. The molecule has 3 aromatic rings. The highest BCUT2D eigenvalue weighted by Crippen LogP contribution is 2.29. The molecule has 1 aromatic heterocycles. The molecule has 1 N–H and O–H groups in total. The van der Waals surface area contributed by atoms with Crippen molar-refractivity contribution in [3.05, 3.63) is 76.4 Å². The average Bonchev–Trinajstić information content (AvgIpc) is 2.84. The molecule has 0 radical (unpaired) electrons. The van der Waals surface area contributed by atoms with Crippen molar-refractivity contribution in [3.63, 3.8) is 0 Å². The summed E-state index contributed by atoms with van der Waals surface area (Å²) in [6.45, 7) is 0.632. The maximum absolute atomic E-state index is 14.0. The van der Waals surface area contributed by atoms with Crippen molar-refractivity contribution in [2.75, 3.05) is 20.3 Å². The largest absolute Gasteiger partial charge is 0.506 e. The van der Waals surface area contributed by atoms with Gasteiger partial charge in [0.1, 0.15) is 31.5 Å². The highest BCUT2D eigenvalue weighted by molar-refractivity contribution is 6.45. The lowest BCUT2D eigenvalue weighted by atomic mass is 10.1. The molecule has 0 spiro atoms. The highest BCUT2D eigenvalue weighted by atomic mass is 35.5. The third-order valence-corrected chi connectivity index (χ3v) is 4.45. The summed E-state index contributed by atoms with van der Waals surface area (Å²) in [7, 11) is 1.37. The Bertz CT molecular complexity index is 1140. The maximum Gasteiger partial charge on any atom is 0.280 e. The lowest BCUT2D eigenvalue weighted by Crippen LogP contribution is -2.25. The van der Waals surface area contributed by atoms with Crippen LogP contribution in [0.15, 0.2) is 65.2 Å². The van der Waals surface area contributed by atoms with Crippen LogP contribution in [0, 0.1) is 5.82 Å². The van der Waals surface area contributed by atoms with Gasteiger partial charge in [-0.15, -0.1) is 0 Å². The first-order chi connectivity index (χ1) is 16.0. The molecule has 0 saturated heterocycles. The number of rotatable bonds is 5. The van der Waals surface area contributed by atoms with Crippen molar-refractivity contribution < 1.29 is 28.6 Å². The lowest BCUT2D eigenvalue weighted by molar-refractivity contribution is 0.0672. The number of halogens is 3. The molecular weight excluding hydrogens is 478 g/mol. The molecule has 4 rings (SSSR count). The molecule has 0 unspecified atom stereocenters. The quantitative estimate of drug-likeness (QED) is 0.307. The number of hydrogen-bond acceptors (Lipinski definition) is 9. The van der Waals surface area contributed by atoms with Crippen LogP contribution in [-0.2, 0) is 14.4 Å². The van der Waals surface area contributed by atoms with Crippen LogP contribution in [0.5, 0.6) is 17.4 Å². The van der Waals surface area contributed by atoms with E-state index in [1.54, 1.807) is 48.5 Å². The predicted octanol–water partition coefficient (Wildman–Crippen LogP) is 4.82. The fourth-order valence-electron chi connectivity index (χ4n) is 2.42. The smallest absolute Gasteiger partial charge is 0.280 e. The fraction of sp³-hybridized carbons (Fsp3) is 0.143. The van der Waals surface area contributed by atoms with E-state index in [0.29, 0.717) is 23.8 Å². The number of aromatic nitrogens is 2. The minimum Gasteiger partial charge on any atom is -0.506 e. The molecule has 33 heavy (non-hydrogen) atoms. The Morgan fingerprint density at radius 2 is 1.85 bits per heavy atom. The number of hydrogen-bond donors (Lipinski definition) is 1. The summed E-state index contributed by atoms with van der Waals surface area (Å²) >= 11 is 11.1. The van der Waals surface area contributed by atoms with Crippen LogP contribution in [0.25, 0.3) is 0 Å². The number of aromatic hydroxyl groups is 1. The maximum atomic E-state index is 14.0. The normalized spacial score (nSPS) is 13.0. The van der Waals surface area contributed by atoms with Crippen molar-refractivity contribution >= 4 is 34.8 Å². The number of phenols is 1. The van der Waals surface area contributed by atoms with E-state index in [2.05, 4.69) is 20.3 Å². The molecule has 2 aromatic carbocycles. The zero-order valence-corrected chi connectivity index (χ0v) is 18.6. The zero-order chi connectivity index (χ0) is 23.6. The second-order valence-corrected chi connectivity index (χ2v) is 6.80. The second-order valence-electron chi connectivity index (χ2n) is 6.03. The number of ether oxygens (including phenoxy) is 2. The van der Waals surface area contributed by atoms with Gasteiger partial charge >= 0.3 is 0 Å². The van der Waals surface area contributed by atoms with Gasteiger partial charge in [-0.3, -0.25) is 0 Å². The van der Waals surface area contributed by atoms with E-state index in [4.69, 9.17) is 47.5 Å². The molecule has 2 heterocycles. The minimum absolute atomic E-state index is 0.116. The lowest BCUT2D eigenvalue weighted by Gasteiger charge is -2.16. The second kappa shape index (κ2) is 11.8. The molecule has 9 nitrogen and oxygen atoms in total. The van der Waals surface area contributed by atoms with Gasteiger partial charge in [-0.05, 0) is 29.4 Å². The Balaban J connectivity index is 0.000000323. The Morgan fingerprint density at radius 1 is 1.09 bits per heavy atom. The van der Waals surface area contributed by atoms with Crippen LogP contribution in [0.2, 0.25) is 10.2 Å². The van der Waals surface area contributed by atoms with Crippen molar-refractivity contribution in [3.8, 4) is 17.4 Å². The summed E-state index contributed by atoms with van der Waals surface area (Å²) in [5.41, 5.74) is 0.654. The summed E-state index contributed by atoms with van der Waals surface area (Å²) in [6.07, 6.45) is 1.09. The van der Waals surface area contributed by atoms with Gasteiger partial charge in [-0.25, -0.2) is 4.98 Å². The van der Waals surface area contributed by atoms with Crippen LogP contribution in [0.1, 0.15) is 5.56 Å². The summed E-state index contributed by atoms with van der Waals surface area (Å²) in [5.74, 6) is -0.714. The zero-order valence-electron chi connectivity index (χ0n) is 17.1. The standard InChI is InChI=1S/C15H12ClFN4O4.C6H5ClO/c1-22-20-12(15-21-24-7-6-23-15)9-4-2-3-5-10(9)25-14-11(17)13(16)18-8-19-14;7-5-3-1-2-4-6(5)8/h2-5,8H,6-7H2,1H3;1-4,8H. The van der Waals surface area contributed by atoms with E-state index < -0.39 is 5.82 Å². The van der Waals surface area contributed by atoms with Crippen molar-refractivity contribution in [1.82, 2.24) is 9.97 Å². The average molecular weight is 495 g/mol. The molecule has 0 atom stereocenters. The monoisotopic (exact) mass is 494 g/mol. The first-order valence-corrected chi connectivity index (χ1v) is 10.1. The van der Waals surface area contributed by atoms with Gasteiger partial charge in [0.15, 0.2) is 17.5 Å². The van der Waals surface area contributed by atoms with Gasteiger partial charge in [-0.2, -0.15) is 9.37 Å². The van der Waals surface area contributed by atoms with Gasteiger partial charge in [0.2, 0.25) is 5.82 Å². The number of para-hydroxylation sites is 2.